The zero-order valence-corrected chi connectivity index (χ0v) is 12.9. The molecule has 1 aliphatic rings. The van der Waals surface area contributed by atoms with Gasteiger partial charge in [0.1, 0.15) is 0 Å². The minimum absolute atomic E-state index is 0.0827. The highest BCUT2D eigenvalue weighted by atomic mass is 127. The van der Waals surface area contributed by atoms with E-state index >= 15 is 0 Å². The molecule has 6 heteroatoms. The molecule has 104 valence electrons. The number of piperidine rings is 1. The van der Waals surface area contributed by atoms with Gasteiger partial charge in [-0.1, -0.05) is 0 Å². The highest BCUT2D eigenvalue weighted by Crippen LogP contribution is 2.21. The first-order chi connectivity index (χ1) is 9.11. The van der Waals surface area contributed by atoms with Crippen molar-refractivity contribution in [2.45, 2.75) is 19.8 Å². The van der Waals surface area contributed by atoms with Crippen molar-refractivity contribution in [2.75, 3.05) is 19.7 Å². The molecular weight excluding hydrogens is 361 g/mol. The lowest BCUT2D eigenvalue weighted by Crippen LogP contribution is -2.40. The van der Waals surface area contributed by atoms with Gasteiger partial charge in [-0.3, -0.25) is 9.59 Å². The van der Waals surface area contributed by atoms with Gasteiger partial charge in [0.2, 0.25) is 0 Å². The van der Waals surface area contributed by atoms with E-state index in [1.165, 1.54) is 0 Å². The van der Waals surface area contributed by atoms with Crippen LogP contribution in [0.1, 0.15) is 30.3 Å². The van der Waals surface area contributed by atoms with Gasteiger partial charge in [-0.05, 0) is 54.5 Å². The lowest BCUT2D eigenvalue weighted by Gasteiger charge is -2.30. The minimum atomic E-state index is -0.151. The molecule has 0 saturated carbocycles. The Balaban J connectivity index is 1.89. The fourth-order valence-electron chi connectivity index (χ4n) is 2.16. The van der Waals surface area contributed by atoms with E-state index in [1.54, 1.807) is 24.0 Å². The van der Waals surface area contributed by atoms with Gasteiger partial charge in [0.25, 0.3) is 5.91 Å². The second-order valence-electron chi connectivity index (χ2n) is 4.42. The van der Waals surface area contributed by atoms with Gasteiger partial charge in [0, 0.05) is 13.1 Å². The molecule has 1 saturated heterocycles. The second-order valence-corrected chi connectivity index (χ2v) is 5.49. The zero-order chi connectivity index (χ0) is 13.8. The highest BCUT2D eigenvalue weighted by Gasteiger charge is 2.29. The SMILES string of the molecule is CCOC(=O)C1CCN(C(=O)c2ccc(I)o2)CC1. The highest BCUT2D eigenvalue weighted by molar-refractivity contribution is 14.1. The molecule has 19 heavy (non-hydrogen) atoms. The smallest absolute Gasteiger partial charge is 0.309 e. The van der Waals surface area contributed by atoms with Crippen molar-refractivity contribution < 1.29 is 18.7 Å². The molecular formula is C13H16INO4. The molecule has 5 nitrogen and oxygen atoms in total. The Morgan fingerprint density at radius 3 is 2.63 bits per heavy atom. The van der Waals surface area contributed by atoms with Crippen LogP contribution in [0, 0.1) is 9.68 Å². The van der Waals surface area contributed by atoms with E-state index in [2.05, 4.69) is 0 Å². The number of carbonyl (C=O) groups excluding carboxylic acids is 2. The summed E-state index contributed by atoms with van der Waals surface area (Å²) in [7, 11) is 0. The van der Waals surface area contributed by atoms with E-state index in [-0.39, 0.29) is 17.8 Å². The number of esters is 1. The van der Waals surface area contributed by atoms with E-state index in [0.717, 1.165) is 0 Å². The van der Waals surface area contributed by atoms with Crippen LogP contribution in [0.2, 0.25) is 0 Å². The first kappa shape index (κ1) is 14.4. The number of rotatable bonds is 3. The monoisotopic (exact) mass is 377 g/mol. The Bertz CT molecular complexity index is 463. The third-order valence-electron chi connectivity index (χ3n) is 3.19. The van der Waals surface area contributed by atoms with Crippen molar-refractivity contribution in [3.63, 3.8) is 0 Å². The molecule has 1 fully saturated rings. The van der Waals surface area contributed by atoms with Crippen LogP contribution in [0.25, 0.3) is 0 Å². The third-order valence-corrected chi connectivity index (χ3v) is 3.77. The maximum atomic E-state index is 12.1. The Morgan fingerprint density at radius 1 is 1.42 bits per heavy atom. The van der Waals surface area contributed by atoms with Crippen LogP contribution < -0.4 is 0 Å². The largest absolute Gasteiger partial charge is 0.466 e. The average molecular weight is 377 g/mol. The van der Waals surface area contributed by atoms with Crippen molar-refractivity contribution >= 4 is 34.5 Å². The van der Waals surface area contributed by atoms with Crippen LogP contribution in [-0.4, -0.2) is 36.5 Å². The molecule has 1 aromatic heterocycles. The quantitative estimate of drug-likeness (QED) is 0.599. The van der Waals surface area contributed by atoms with Crippen molar-refractivity contribution in [3.05, 3.63) is 21.7 Å². The fourth-order valence-corrected chi connectivity index (χ4v) is 2.58. The second kappa shape index (κ2) is 6.40. The van der Waals surface area contributed by atoms with Gasteiger partial charge in [-0.2, -0.15) is 0 Å². The van der Waals surface area contributed by atoms with Crippen LogP contribution in [0.5, 0.6) is 0 Å². The van der Waals surface area contributed by atoms with Crippen LogP contribution in [0.4, 0.5) is 0 Å². The standard InChI is InChI=1S/C13H16INO4/c1-2-18-13(17)9-5-7-15(8-6-9)12(16)10-3-4-11(14)19-10/h3-4,9H,2,5-8H2,1H3. The topological polar surface area (TPSA) is 59.8 Å². The van der Waals surface area contributed by atoms with Gasteiger partial charge in [0.05, 0.1) is 12.5 Å². The molecule has 1 aromatic rings. The number of furan rings is 1. The summed E-state index contributed by atoms with van der Waals surface area (Å²) in [5, 5.41) is 0. The normalized spacial score (nSPS) is 16.4. The average Bonchev–Trinajstić information content (AvgIpc) is 2.85. The third kappa shape index (κ3) is 3.49. The summed E-state index contributed by atoms with van der Waals surface area (Å²) < 4.78 is 11.0. The van der Waals surface area contributed by atoms with Gasteiger partial charge in [-0.15, -0.1) is 0 Å². The summed E-state index contributed by atoms with van der Waals surface area (Å²) in [5.41, 5.74) is 0. The van der Waals surface area contributed by atoms with Crippen LogP contribution in [-0.2, 0) is 9.53 Å². The summed E-state index contributed by atoms with van der Waals surface area (Å²) in [5.74, 6) is 0.0205. The predicted molar refractivity (Wildman–Crippen MR) is 76.7 cm³/mol. The molecule has 1 amide bonds. The lowest BCUT2D eigenvalue weighted by atomic mass is 9.97. The number of ether oxygens (including phenoxy) is 1. The van der Waals surface area contributed by atoms with Crippen molar-refractivity contribution in [1.82, 2.24) is 4.90 Å². The molecule has 0 aliphatic carbocycles. The number of carbonyl (C=O) groups is 2. The Morgan fingerprint density at radius 2 is 2.11 bits per heavy atom. The van der Waals surface area contributed by atoms with Gasteiger partial charge in [-0.25, -0.2) is 0 Å². The number of nitrogens with zero attached hydrogens (tertiary/aromatic N) is 1. The molecule has 0 aromatic carbocycles. The lowest BCUT2D eigenvalue weighted by molar-refractivity contribution is -0.149. The van der Waals surface area contributed by atoms with Gasteiger partial charge in [0.15, 0.2) is 9.53 Å². The summed E-state index contributed by atoms with van der Waals surface area (Å²) in [6.45, 7) is 3.34. The van der Waals surface area contributed by atoms with Crippen molar-refractivity contribution in [3.8, 4) is 0 Å². The summed E-state index contributed by atoms with van der Waals surface area (Å²) in [6, 6.07) is 3.45. The summed E-state index contributed by atoms with van der Waals surface area (Å²) >= 11 is 2.03. The molecule has 0 spiro atoms. The van der Waals surface area contributed by atoms with Crippen LogP contribution >= 0.6 is 22.6 Å². The maximum absolute atomic E-state index is 12.1. The molecule has 0 radical (unpaired) electrons. The Kier molecular flexibility index (Phi) is 4.84. The van der Waals surface area contributed by atoms with E-state index in [1.807, 2.05) is 22.6 Å². The number of amides is 1. The first-order valence-electron chi connectivity index (χ1n) is 6.33. The van der Waals surface area contributed by atoms with E-state index in [0.29, 0.717) is 42.1 Å². The zero-order valence-electron chi connectivity index (χ0n) is 10.7. The van der Waals surface area contributed by atoms with E-state index < -0.39 is 0 Å². The number of hydrogen-bond acceptors (Lipinski definition) is 4. The van der Waals surface area contributed by atoms with Crippen molar-refractivity contribution in [1.29, 1.82) is 0 Å². The van der Waals surface area contributed by atoms with E-state index in [9.17, 15) is 9.59 Å². The molecule has 2 heterocycles. The number of hydrogen-bond donors (Lipinski definition) is 0. The number of halogens is 1. The van der Waals surface area contributed by atoms with Crippen molar-refractivity contribution in [2.24, 2.45) is 5.92 Å². The predicted octanol–water partition coefficient (Wildman–Crippen LogP) is 2.30. The maximum Gasteiger partial charge on any atom is 0.309 e. The minimum Gasteiger partial charge on any atom is -0.466 e. The molecule has 2 rings (SSSR count). The molecule has 0 bridgehead atoms. The fraction of sp³-hybridized carbons (Fsp3) is 0.538. The van der Waals surface area contributed by atoms with Crippen LogP contribution in [0.15, 0.2) is 16.5 Å². The molecule has 0 N–H and O–H groups in total. The first-order valence-corrected chi connectivity index (χ1v) is 7.41. The summed E-state index contributed by atoms with van der Waals surface area (Å²) in [4.78, 5) is 25.5. The molecule has 1 aliphatic heterocycles. The van der Waals surface area contributed by atoms with E-state index in [4.69, 9.17) is 9.15 Å². The molecule has 0 unspecified atom stereocenters. The Hall–Kier alpha value is -1.05. The summed E-state index contributed by atoms with van der Waals surface area (Å²) in [6.07, 6.45) is 1.31. The Labute approximate surface area is 125 Å². The van der Waals surface area contributed by atoms with Gasteiger partial charge >= 0.3 is 5.97 Å². The van der Waals surface area contributed by atoms with Gasteiger partial charge < -0.3 is 14.1 Å². The van der Waals surface area contributed by atoms with Crippen LogP contribution in [0.3, 0.4) is 0 Å². The number of likely N-dealkylation sites (tertiary alicyclic amines) is 1. The molecule has 0 atom stereocenters.